The van der Waals surface area contributed by atoms with E-state index in [9.17, 15) is 34.8 Å². The molecule has 3 heterocycles. The highest BCUT2D eigenvalue weighted by molar-refractivity contribution is 6.02. The van der Waals surface area contributed by atoms with Crippen LogP contribution in [0.5, 0.6) is 0 Å². The second-order valence-electron chi connectivity index (χ2n) is 10.4. The number of carbonyl (C=O) groups is 3. The average molecular weight is 607 g/mol. The molecule has 0 radical (unpaired) electrons. The van der Waals surface area contributed by atoms with E-state index in [0.29, 0.717) is 5.69 Å². The van der Waals surface area contributed by atoms with Gasteiger partial charge in [0, 0.05) is 19.0 Å². The first-order valence-corrected chi connectivity index (χ1v) is 13.9. The van der Waals surface area contributed by atoms with E-state index in [2.05, 4.69) is 17.6 Å². The Labute approximate surface area is 247 Å². The highest BCUT2D eigenvalue weighted by Gasteiger charge is 2.54. The number of hydrogen-bond donors (Lipinski definition) is 7. The Morgan fingerprint density at radius 1 is 1.14 bits per heavy atom. The molecule has 3 aliphatic rings. The number of nitrogens with zero attached hydrogens (tertiary/aromatic N) is 1. The monoisotopic (exact) mass is 606 g/mol. The maximum absolute atomic E-state index is 13.0. The molecule has 1 saturated heterocycles. The number of unbranched alkanes of at least 4 members (excludes halogenated alkanes) is 2. The minimum Gasteiger partial charge on any atom is -0.456 e. The molecule has 0 aromatic heterocycles. The normalized spacial score (nSPS) is 31.2. The van der Waals surface area contributed by atoms with E-state index < -0.39 is 73.2 Å². The number of benzene rings is 1. The molecule has 0 bridgehead atoms. The zero-order valence-corrected chi connectivity index (χ0v) is 23.7. The van der Waals surface area contributed by atoms with Crippen LogP contribution in [-0.4, -0.2) is 106 Å². The van der Waals surface area contributed by atoms with Gasteiger partial charge >= 0.3 is 6.03 Å². The Hall–Kier alpha value is -3.57. The molecular weight excluding hydrogens is 568 g/mol. The molecule has 15 nitrogen and oxygen atoms in total. The summed E-state index contributed by atoms with van der Waals surface area (Å²) < 4.78 is 22.3. The van der Waals surface area contributed by atoms with Gasteiger partial charge in [-0.15, -0.1) is 0 Å². The number of rotatable bonds is 12. The first-order chi connectivity index (χ1) is 20.5. The third kappa shape index (κ3) is 7.51. The minimum absolute atomic E-state index is 0.389. The molecule has 3 aliphatic heterocycles. The largest absolute Gasteiger partial charge is 0.456 e. The van der Waals surface area contributed by atoms with Crippen LogP contribution in [0.25, 0.3) is 0 Å². The summed E-state index contributed by atoms with van der Waals surface area (Å²) in [7, 11) is 1.22. The third-order valence-corrected chi connectivity index (χ3v) is 7.29. The number of amides is 4. The molecule has 8 N–H and O–H groups in total. The van der Waals surface area contributed by atoms with Gasteiger partial charge in [-0.2, -0.15) is 0 Å². The second-order valence-corrected chi connectivity index (χ2v) is 10.4. The number of anilines is 1. The van der Waals surface area contributed by atoms with Gasteiger partial charge in [0.05, 0.1) is 0 Å². The van der Waals surface area contributed by atoms with Crippen molar-refractivity contribution in [3.63, 3.8) is 0 Å². The quantitative estimate of drug-likeness (QED) is 0.145. The number of aliphatic hydroxyl groups is 4. The van der Waals surface area contributed by atoms with Gasteiger partial charge in [-0.05, 0) is 42.7 Å². The standard InChI is InChI=1S/C28H38N4O11/c1-3-4-5-6-14-7-9-15(10-8-14)30-25(38)17-13-16(33)19(35)27(41-17)43-23(24(29)37)22-21(40-2)20(36)26(42-22)32-12-11-18(34)31-28(32)39/h7-13,16,18-23,26-27,33-36H,3-6H2,1-2H3,(H2,29,37)(H,30,38)(H,31,39)/t16-,18?,19-,20+,21-,22-,23+,26+,27+/m0/s1. The van der Waals surface area contributed by atoms with Crippen LogP contribution in [0.2, 0.25) is 0 Å². The molecule has 1 aromatic rings. The van der Waals surface area contributed by atoms with Gasteiger partial charge in [-0.3, -0.25) is 14.5 Å². The number of methoxy groups -OCH3 is 1. The average Bonchev–Trinajstić information content (AvgIpc) is 3.29. The lowest BCUT2D eigenvalue weighted by molar-refractivity contribution is -0.241. The number of aliphatic hydroxyl groups excluding tert-OH is 4. The highest BCUT2D eigenvalue weighted by atomic mass is 16.7. The fourth-order valence-electron chi connectivity index (χ4n) is 4.98. The number of primary amides is 1. The van der Waals surface area contributed by atoms with Crippen LogP contribution in [0.3, 0.4) is 0 Å². The van der Waals surface area contributed by atoms with E-state index in [0.717, 1.165) is 42.2 Å². The molecule has 0 spiro atoms. The molecule has 15 heteroatoms. The summed E-state index contributed by atoms with van der Waals surface area (Å²) in [6, 6.07) is 6.45. The topological polar surface area (TPSA) is 222 Å². The van der Waals surface area contributed by atoms with Crippen molar-refractivity contribution in [1.29, 1.82) is 0 Å². The van der Waals surface area contributed by atoms with Crippen molar-refractivity contribution in [3.8, 4) is 0 Å². The molecule has 43 heavy (non-hydrogen) atoms. The SMILES string of the molecule is CCCCCc1ccc(NC(=O)C2=C[C@H](O)[C@H](O)[C@@H](O[C@@H](C(N)=O)[C@H]3O[C@@H](N4C=CC(O)NC4=O)[C@H](O)[C@@H]3OC)O2)cc1. The van der Waals surface area contributed by atoms with Crippen LogP contribution >= 0.6 is 0 Å². The van der Waals surface area contributed by atoms with Crippen LogP contribution in [0.15, 0.2) is 48.4 Å². The van der Waals surface area contributed by atoms with E-state index in [1.165, 1.54) is 19.4 Å². The van der Waals surface area contributed by atoms with Gasteiger partial charge in [0.2, 0.25) is 12.2 Å². The van der Waals surface area contributed by atoms with Crippen molar-refractivity contribution in [2.45, 2.75) is 88.0 Å². The van der Waals surface area contributed by atoms with Crippen molar-refractivity contribution in [3.05, 3.63) is 53.9 Å². The predicted octanol–water partition coefficient (Wildman–Crippen LogP) is -0.852. The smallest absolute Gasteiger partial charge is 0.325 e. The summed E-state index contributed by atoms with van der Waals surface area (Å²) in [6.07, 6.45) is -6.10. The van der Waals surface area contributed by atoms with Gasteiger partial charge < -0.3 is 55.7 Å². The predicted molar refractivity (Wildman–Crippen MR) is 148 cm³/mol. The summed E-state index contributed by atoms with van der Waals surface area (Å²) in [4.78, 5) is 38.8. The second kappa shape index (κ2) is 14.3. The Balaban J connectivity index is 1.45. The molecular formula is C28H38N4O11. The molecule has 1 fully saturated rings. The molecule has 0 aliphatic carbocycles. The Bertz CT molecular complexity index is 1210. The molecule has 4 amide bonds. The van der Waals surface area contributed by atoms with Crippen LogP contribution < -0.4 is 16.4 Å². The number of ether oxygens (including phenoxy) is 4. The molecule has 1 aromatic carbocycles. The van der Waals surface area contributed by atoms with Gasteiger partial charge in [-0.1, -0.05) is 31.9 Å². The fraction of sp³-hybridized carbons (Fsp3) is 0.536. The van der Waals surface area contributed by atoms with E-state index >= 15 is 0 Å². The minimum atomic E-state index is -1.77. The van der Waals surface area contributed by atoms with Crippen molar-refractivity contribution < 1.29 is 53.8 Å². The summed E-state index contributed by atoms with van der Waals surface area (Å²) in [5, 5.41) is 46.3. The van der Waals surface area contributed by atoms with E-state index in [1.54, 1.807) is 12.1 Å². The molecule has 4 rings (SSSR count). The lowest BCUT2D eigenvalue weighted by atomic mass is 10.0. The zero-order valence-electron chi connectivity index (χ0n) is 23.7. The van der Waals surface area contributed by atoms with Crippen LogP contribution in [0, 0.1) is 0 Å². The third-order valence-electron chi connectivity index (χ3n) is 7.29. The van der Waals surface area contributed by atoms with E-state index in [-0.39, 0.29) is 5.76 Å². The Kier molecular flexibility index (Phi) is 10.7. The van der Waals surface area contributed by atoms with Crippen LogP contribution in [0.1, 0.15) is 31.7 Å². The van der Waals surface area contributed by atoms with Crippen molar-refractivity contribution in [2.24, 2.45) is 5.73 Å². The number of urea groups is 1. The van der Waals surface area contributed by atoms with Gasteiger partial charge in [0.25, 0.3) is 5.91 Å². The van der Waals surface area contributed by atoms with Crippen LogP contribution in [0.4, 0.5) is 10.5 Å². The van der Waals surface area contributed by atoms with E-state index in [4.69, 9.17) is 24.7 Å². The Morgan fingerprint density at radius 2 is 1.86 bits per heavy atom. The first-order valence-electron chi connectivity index (χ1n) is 13.9. The van der Waals surface area contributed by atoms with Gasteiger partial charge in [0.1, 0.15) is 36.7 Å². The van der Waals surface area contributed by atoms with Gasteiger partial charge in [0.15, 0.2) is 18.1 Å². The van der Waals surface area contributed by atoms with E-state index in [1.807, 2.05) is 12.1 Å². The highest BCUT2D eigenvalue weighted by Crippen LogP contribution is 2.32. The number of hydrogen-bond acceptors (Lipinski definition) is 11. The summed E-state index contributed by atoms with van der Waals surface area (Å²) in [5.74, 6) is -2.25. The summed E-state index contributed by atoms with van der Waals surface area (Å²) in [6.45, 7) is 2.13. The fourth-order valence-corrected chi connectivity index (χ4v) is 4.98. The molecule has 1 unspecified atom stereocenters. The van der Waals surface area contributed by atoms with Crippen molar-refractivity contribution in [2.75, 3.05) is 12.4 Å². The van der Waals surface area contributed by atoms with Crippen LogP contribution in [-0.2, 0) is 35.0 Å². The van der Waals surface area contributed by atoms with Crippen molar-refractivity contribution in [1.82, 2.24) is 10.2 Å². The lowest BCUT2D eigenvalue weighted by Crippen LogP contribution is -2.53. The lowest BCUT2D eigenvalue weighted by Gasteiger charge is -2.35. The molecule has 9 atom stereocenters. The molecule has 236 valence electrons. The first kappa shape index (κ1) is 32.3. The number of aryl methyl sites for hydroxylation is 1. The molecule has 0 saturated carbocycles. The van der Waals surface area contributed by atoms with Crippen molar-refractivity contribution >= 4 is 23.5 Å². The maximum atomic E-state index is 13.0. The number of carbonyl (C=O) groups excluding carboxylic acids is 3. The number of nitrogens with two attached hydrogens (primary N) is 1. The number of nitrogens with one attached hydrogen (secondary N) is 2. The van der Waals surface area contributed by atoms with Gasteiger partial charge in [-0.25, -0.2) is 4.79 Å². The summed E-state index contributed by atoms with van der Waals surface area (Å²) >= 11 is 0. The zero-order chi connectivity index (χ0) is 31.3. The Morgan fingerprint density at radius 3 is 2.49 bits per heavy atom. The summed E-state index contributed by atoms with van der Waals surface area (Å²) in [5.41, 5.74) is 7.16. The maximum Gasteiger partial charge on any atom is 0.325 e.